The lowest BCUT2D eigenvalue weighted by atomic mass is 10.2. The highest BCUT2D eigenvalue weighted by atomic mass is 79.9. The first-order valence-electron chi connectivity index (χ1n) is 12.4. The molecule has 7 nitrogen and oxygen atoms in total. The summed E-state index contributed by atoms with van der Waals surface area (Å²) in [6.45, 7) is 8.84. The number of anilines is 1. The van der Waals surface area contributed by atoms with E-state index in [1.54, 1.807) is 49.1 Å². The maximum absolute atomic E-state index is 14.6. The van der Waals surface area contributed by atoms with Crippen LogP contribution in [0.15, 0.2) is 59.1 Å². The minimum absolute atomic E-state index is 0.00814. The number of amides is 3. The van der Waals surface area contributed by atoms with Gasteiger partial charge in [0.05, 0.1) is 0 Å². The van der Waals surface area contributed by atoms with Crippen LogP contribution in [0.1, 0.15) is 31.2 Å². The van der Waals surface area contributed by atoms with Gasteiger partial charge in [0.2, 0.25) is 0 Å². The number of thiophene rings is 1. The largest absolute Gasteiger partial charge is 0.444 e. The Balaban J connectivity index is 1.23. The second kappa shape index (κ2) is 12.3. The lowest BCUT2D eigenvalue weighted by Gasteiger charge is -2.34. The average Bonchev–Trinajstić information content (AvgIpc) is 3.32. The van der Waals surface area contributed by atoms with E-state index in [1.165, 1.54) is 21.4 Å². The van der Waals surface area contributed by atoms with Crippen molar-refractivity contribution in [3.05, 3.63) is 75.3 Å². The third-order valence-electron chi connectivity index (χ3n) is 5.96. The van der Waals surface area contributed by atoms with Gasteiger partial charge >= 0.3 is 12.1 Å². The Labute approximate surface area is 235 Å². The van der Waals surface area contributed by atoms with Crippen LogP contribution in [0.2, 0.25) is 0 Å². The Morgan fingerprint density at radius 3 is 2.39 bits per heavy atom. The summed E-state index contributed by atoms with van der Waals surface area (Å²) < 4.78 is 20.8. The topological polar surface area (TPSA) is 73.9 Å². The summed E-state index contributed by atoms with van der Waals surface area (Å²) in [6.07, 6.45) is -0.613. The lowest BCUT2D eigenvalue weighted by Crippen LogP contribution is -2.49. The zero-order valence-electron chi connectivity index (χ0n) is 21.7. The van der Waals surface area contributed by atoms with Crippen molar-refractivity contribution in [3.8, 4) is 10.4 Å². The van der Waals surface area contributed by atoms with E-state index in [9.17, 15) is 14.0 Å². The molecule has 0 saturated carbocycles. The van der Waals surface area contributed by atoms with Crippen molar-refractivity contribution >= 4 is 45.1 Å². The van der Waals surface area contributed by atoms with E-state index >= 15 is 0 Å². The van der Waals surface area contributed by atoms with Crippen LogP contribution in [0.5, 0.6) is 0 Å². The molecule has 1 aliphatic rings. The van der Waals surface area contributed by atoms with E-state index in [1.807, 2.05) is 12.1 Å². The third kappa shape index (κ3) is 8.02. The number of hydrogen-bond donors (Lipinski definition) is 2. The summed E-state index contributed by atoms with van der Waals surface area (Å²) in [5.41, 5.74) is 1.25. The fourth-order valence-electron chi connectivity index (χ4n) is 4.01. The Kier molecular flexibility index (Phi) is 9.07. The van der Waals surface area contributed by atoms with Gasteiger partial charge in [-0.25, -0.2) is 14.0 Å². The average molecular weight is 604 g/mol. The van der Waals surface area contributed by atoms with Crippen LogP contribution in [-0.2, 0) is 17.8 Å². The second-order valence-corrected chi connectivity index (χ2v) is 12.2. The number of nitrogens with zero attached hydrogens (tertiary/aromatic N) is 2. The first-order valence-corrected chi connectivity index (χ1v) is 14.0. The highest BCUT2D eigenvalue weighted by Crippen LogP contribution is 2.30. The van der Waals surface area contributed by atoms with E-state index in [-0.39, 0.29) is 12.6 Å². The van der Waals surface area contributed by atoms with E-state index < -0.39 is 17.5 Å². The van der Waals surface area contributed by atoms with Gasteiger partial charge < -0.3 is 20.3 Å². The van der Waals surface area contributed by atoms with Crippen molar-refractivity contribution in [2.24, 2.45) is 0 Å². The molecule has 0 radical (unpaired) electrons. The quantitative estimate of drug-likeness (QED) is 0.329. The van der Waals surface area contributed by atoms with Gasteiger partial charge in [-0.2, -0.15) is 0 Å². The van der Waals surface area contributed by atoms with Crippen LogP contribution >= 0.6 is 27.3 Å². The van der Waals surface area contributed by atoms with Gasteiger partial charge in [0.15, 0.2) is 0 Å². The number of ether oxygens (including phenoxy) is 1. The summed E-state index contributed by atoms with van der Waals surface area (Å²) in [4.78, 5) is 31.2. The van der Waals surface area contributed by atoms with Crippen molar-refractivity contribution in [2.45, 2.75) is 39.5 Å². The predicted octanol–water partition coefficient (Wildman–Crippen LogP) is 6.69. The molecule has 10 heteroatoms. The van der Waals surface area contributed by atoms with E-state index in [0.717, 1.165) is 24.1 Å². The number of benzene rings is 2. The molecule has 3 amide bonds. The molecular formula is C28H32BrFN4O3S. The standard InChI is InChI=1S/C28H32BrFN4O3S/c1-28(2,3)37-27(36)31-17-20-6-9-22(16-24(20)30)32-26(35)34-14-12-33(13-15-34)18-23-10-11-25(38-23)19-4-7-21(29)8-5-19/h4-11,16H,12-15,17-18H2,1-3H3,(H,31,36)(H,32,35). The molecule has 2 N–H and O–H groups in total. The minimum Gasteiger partial charge on any atom is -0.444 e. The number of nitrogens with one attached hydrogen (secondary N) is 2. The Hall–Kier alpha value is -2.95. The molecular weight excluding hydrogens is 571 g/mol. The summed E-state index contributed by atoms with van der Waals surface area (Å²) in [5.74, 6) is -0.512. The van der Waals surface area contributed by atoms with Crippen LogP contribution in [0.25, 0.3) is 10.4 Å². The summed E-state index contributed by atoms with van der Waals surface area (Å²) >= 11 is 5.27. The third-order valence-corrected chi connectivity index (χ3v) is 7.60. The van der Waals surface area contributed by atoms with Crippen LogP contribution in [-0.4, -0.2) is 53.7 Å². The van der Waals surface area contributed by atoms with Gasteiger partial charge in [-0.3, -0.25) is 4.90 Å². The molecule has 38 heavy (non-hydrogen) atoms. The monoisotopic (exact) mass is 602 g/mol. The lowest BCUT2D eigenvalue weighted by molar-refractivity contribution is 0.0523. The molecule has 1 aromatic heterocycles. The molecule has 1 aliphatic heterocycles. The Bertz CT molecular complexity index is 1270. The van der Waals surface area contributed by atoms with E-state index in [0.29, 0.717) is 24.3 Å². The maximum atomic E-state index is 14.6. The maximum Gasteiger partial charge on any atom is 0.407 e. The van der Waals surface area contributed by atoms with Crippen molar-refractivity contribution < 1.29 is 18.7 Å². The number of piperazine rings is 1. The number of alkyl carbamates (subject to hydrolysis) is 1. The van der Waals surface area contributed by atoms with Crippen molar-refractivity contribution in [2.75, 3.05) is 31.5 Å². The number of carbonyl (C=O) groups excluding carboxylic acids is 2. The van der Waals surface area contributed by atoms with Gasteiger partial charge in [0.25, 0.3) is 0 Å². The van der Waals surface area contributed by atoms with Crippen LogP contribution in [0.3, 0.4) is 0 Å². The number of rotatable bonds is 6. The highest BCUT2D eigenvalue weighted by molar-refractivity contribution is 9.10. The molecule has 0 bridgehead atoms. The summed E-state index contributed by atoms with van der Waals surface area (Å²) in [7, 11) is 0. The molecule has 2 heterocycles. The first-order chi connectivity index (χ1) is 18.1. The first kappa shape index (κ1) is 28.1. The smallest absolute Gasteiger partial charge is 0.407 e. The predicted molar refractivity (Wildman–Crippen MR) is 153 cm³/mol. The van der Waals surface area contributed by atoms with Gasteiger partial charge in [-0.1, -0.05) is 34.1 Å². The number of urea groups is 1. The summed E-state index contributed by atoms with van der Waals surface area (Å²) in [5, 5.41) is 5.32. The molecule has 0 unspecified atom stereocenters. The molecule has 4 rings (SSSR count). The van der Waals surface area contributed by atoms with E-state index in [2.05, 4.69) is 55.7 Å². The van der Waals surface area contributed by atoms with Crippen molar-refractivity contribution in [1.29, 1.82) is 0 Å². The van der Waals surface area contributed by atoms with Gasteiger partial charge in [-0.05, 0) is 62.7 Å². The number of hydrogen-bond acceptors (Lipinski definition) is 5. The molecule has 0 aliphatic carbocycles. The Morgan fingerprint density at radius 1 is 1.03 bits per heavy atom. The van der Waals surface area contributed by atoms with Crippen LogP contribution in [0.4, 0.5) is 19.7 Å². The minimum atomic E-state index is -0.629. The molecule has 0 atom stereocenters. The fourth-order valence-corrected chi connectivity index (χ4v) is 5.33. The van der Waals surface area contributed by atoms with Crippen molar-refractivity contribution in [1.82, 2.24) is 15.1 Å². The molecule has 1 fully saturated rings. The van der Waals surface area contributed by atoms with Crippen LogP contribution in [0, 0.1) is 5.82 Å². The molecule has 0 spiro atoms. The van der Waals surface area contributed by atoms with Gasteiger partial charge in [-0.15, -0.1) is 11.3 Å². The second-order valence-electron chi connectivity index (χ2n) is 10.1. The van der Waals surface area contributed by atoms with Gasteiger partial charge in [0.1, 0.15) is 11.4 Å². The zero-order valence-corrected chi connectivity index (χ0v) is 24.1. The zero-order chi connectivity index (χ0) is 27.3. The molecule has 202 valence electrons. The normalized spacial score (nSPS) is 14.3. The molecule has 2 aromatic carbocycles. The number of carbonyl (C=O) groups is 2. The summed E-state index contributed by atoms with van der Waals surface area (Å²) in [6, 6.07) is 16.8. The van der Waals surface area contributed by atoms with E-state index in [4.69, 9.17) is 4.74 Å². The SMILES string of the molecule is CC(C)(C)OC(=O)NCc1ccc(NC(=O)N2CCN(Cc3ccc(-c4ccc(Br)cc4)s3)CC2)cc1F. The Morgan fingerprint density at radius 2 is 1.74 bits per heavy atom. The fraction of sp³-hybridized carbons (Fsp3) is 0.357. The highest BCUT2D eigenvalue weighted by Gasteiger charge is 2.22. The van der Waals surface area contributed by atoms with Gasteiger partial charge in [0, 0.05) is 64.7 Å². The van der Waals surface area contributed by atoms with Crippen molar-refractivity contribution in [3.63, 3.8) is 0 Å². The van der Waals surface area contributed by atoms with Crippen LogP contribution < -0.4 is 10.6 Å². The number of halogens is 2. The molecule has 1 saturated heterocycles. The molecule has 3 aromatic rings.